The summed E-state index contributed by atoms with van der Waals surface area (Å²) in [6, 6.07) is 1.06. The van der Waals surface area contributed by atoms with Gasteiger partial charge in [-0.15, -0.1) is 11.3 Å². The van der Waals surface area contributed by atoms with E-state index in [9.17, 15) is 22.8 Å². The first-order chi connectivity index (χ1) is 13.1. The zero-order chi connectivity index (χ0) is 20.3. The molecule has 1 N–H and O–H groups in total. The third kappa shape index (κ3) is 3.09. The molecule has 4 rings (SSSR count). The molecule has 2 fully saturated rings. The van der Waals surface area contributed by atoms with Crippen molar-refractivity contribution in [3.05, 3.63) is 22.6 Å². The van der Waals surface area contributed by atoms with Crippen molar-refractivity contribution in [2.75, 3.05) is 31.1 Å². The van der Waals surface area contributed by atoms with Gasteiger partial charge in [-0.05, 0) is 25.8 Å². The van der Waals surface area contributed by atoms with Gasteiger partial charge in [-0.1, -0.05) is 0 Å². The molecule has 6 nitrogen and oxygen atoms in total. The number of ketones is 1. The average Bonchev–Trinajstić information content (AvgIpc) is 3.02. The van der Waals surface area contributed by atoms with E-state index in [0.29, 0.717) is 39.0 Å². The van der Waals surface area contributed by atoms with Crippen LogP contribution in [0.2, 0.25) is 0 Å². The summed E-state index contributed by atoms with van der Waals surface area (Å²) in [5.74, 6) is -0.102. The van der Waals surface area contributed by atoms with Gasteiger partial charge in [0.2, 0.25) is 0 Å². The summed E-state index contributed by atoms with van der Waals surface area (Å²) in [4.78, 5) is 30.3. The summed E-state index contributed by atoms with van der Waals surface area (Å²) in [7, 11) is 0. The van der Waals surface area contributed by atoms with E-state index in [0.717, 1.165) is 17.4 Å². The summed E-state index contributed by atoms with van der Waals surface area (Å²) in [6.45, 7) is 3.26. The average molecular weight is 413 g/mol. The highest BCUT2D eigenvalue weighted by Crippen LogP contribution is 2.43. The van der Waals surface area contributed by atoms with Crippen LogP contribution in [0.15, 0.2) is 11.4 Å². The van der Waals surface area contributed by atoms with E-state index in [2.05, 4.69) is 4.98 Å². The Kier molecular flexibility index (Phi) is 4.29. The molecule has 4 heterocycles. The number of nitrogens with zero attached hydrogens (tertiary/aromatic N) is 3. The summed E-state index contributed by atoms with van der Waals surface area (Å²) in [6.07, 6.45) is -4.09. The lowest BCUT2D eigenvalue weighted by Crippen LogP contribution is -2.61. The highest BCUT2D eigenvalue weighted by Gasteiger charge is 2.47. The first-order valence-electron chi connectivity index (χ1n) is 8.83. The van der Waals surface area contributed by atoms with E-state index < -0.39 is 17.8 Å². The van der Waals surface area contributed by atoms with Gasteiger partial charge in [0.25, 0.3) is 0 Å². The van der Waals surface area contributed by atoms with E-state index in [1.54, 1.807) is 4.90 Å². The minimum Gasteiger partial charge on any atom is -0.465 e. The minimum absolute atomic E-state index is 0.0222. The summed E-state index contributed by atoms with van der Waals surface area (Å²) in [5.41, 5.74) is -0.551. The maximum atomic E-state index is 13.6. The predicted molar refractivity (Wildman–Crippen MR) is 98.1 cm³/mol. The number of carbonyl (C=O) groups excluding carboxylic acids is 1. The topological polar surface area (TPSA) is 73.7 Å². The first kappa shape index (κ1) is 19.0. The van der Waals surface area contributed by atoms with Crippen molar-refractivity contribution in [1.82, 2.24) is 9.88 Å². The monoisotopic (exact) mass is 413 g/mol. The molecule has 1 spiro atoms. The molecule has 150 valence electrons. The molecule has 2 aliphatic heterocycles. The Labute approximate surface area is 162 Å². The van der Waals surface area contributed by atoms with E-state index >= 15 is 0 Å². The molecule has 0 aromatic carbocycles. The molecular formula is C18H18F3N3O3S. The molecule has 0 bridgehead atoms. The van der Waals surface area contributed by atoms with Crippen LogP contribution in [0.3, 0.4) is 0 Å². The number of halogens is 3. The van der Waals surface area contributed by atoms with Crippen LogP contribution in [0, 0.1) is 5.41 Å². The van der Waals surface area contributed by atoms with Crippen molar-refractivity contribution < 1.29 is 27.9 Å². The Balaban J connectivity index is 1.63. The van der Waals surface area contributed by atoms with Crippen LogP contribution in [0.5, 0.6) is 0 Å². The van der Waals surface area contributed by atoms with Crippen LogP contribution < -0.4 is 4.90 Å². The number of fused-ring (bicyclic) bond motifs is 1. The molecule has 0 saturated carbocycles. The number of carbonyl (C=O) groups is 2. The fourth-order valence-corrected chi connectivity index (χ4v) is 5.12. The maximum absolute atomic E-state index is 13.6. The quantitative estimate of drug-likeness (QED) is 0.751. The smallest absolute Gasteiger partial charge is 0.417 e. The second-order valence-corrected chi connectivity index (χ2v) is 8.41. The lowest BCUT2D eigenvalue weighted by atomic mass is 9.72. The Bertz CT molecular complexity index is 956. The summed E-state index contributed by atoms with van der Waals surface area (Å²) >= 11 is 0.884. The number of thiophene rings is 1. The van der Waals surface area contributed by atoms with Crippen molar-refractivity contribution in [2.45, 2.75) is 25.9 Å². The number of likely N-dealkylation sites (tertiary alicyclic amines) is 1. The Morgan fingerprint density at radius 1 is 1.25 bits per heavy atom. The van der Waals surface area contributed by atoms with Gasteiger partial charge in [-0.2, -0.15) is 13.2 Å². The van der Waals surface area contributed by atoms with Crippen molar-refractivity contribution >= 4 is 39.2 Å². The molecule has 28 heavy (non-hydrogen) atoms. The molecular weight excluding hydrogens is 395 g/mol. The lowest BCUT2D eigenvalue weighted by molar-refractivity contribution is -0.136. The Hall–Kier alpha value is -2.36. The molecule has 0 unspecified atom stereocenters. The minimum atomic E-state index is -4.54. The van der Waals surface area contributed by atoms with Crippen molar-refractivity contribution in [3.8, 4) is 0 Å². The predicted octanol–water partition coefficient (Wildman–Crippen LogP) is 4.10. The highest BCUT2D eigenvalue weighted by molar-refractivity contribution is 7.17. The van der Waals surface area contributed by atoms with Crippen LogP contribution >= 0.6 is 11.3 Å². The van der Waals surface area contributed by atoms with Gasteiger partial charge in [-0.25, -0.2) is 9.78 Å². The number of rotatable bonds is 2. The molecule has 0 atom stereocenters. The Morgan fingerprint density at radius 2 is 1.89 bits per heavy atom. The zero-order valence-electron chi connectivity index (χ0n) is 15.0. The number of hydrogen-bond donors (Lipinski definition) is 1. The van der Waals surface area contributed by atoms with Crippen LogP contribution in [0.25, 0.3) is 10.2 Å². The number of pyridine rings is 1. The third-order valence-corrected chi connectivity index (χ3v) is 6.67. The van der Waals surface area contributed by atoms with Gasteiger partial charge in [0.1, 0.15) is 5.82 Å². The number of Topliss-reactive ketones (excluding diaryl/α,β-unsaturated/α-hetero) is 1. The van der Waals surface area contributed by atoms with Crippen LogP contribution in [0.1, 0.15) is 35.7 Å². The maximum Gasteiger partial charge on any atom is 0.417 e. The molecule has 0 radical (unpaired) electrons. The fraction of sp³-hybridized carbons (Fsp3) is 0.500. The number of anilines is 1. The molecule has 2 aliphatic rings. The van der Waals surface area contributed by atoms with Gasteiger partial charge < -0.3 is 14.9 Å². The largest absolute Gasteiger partial charge is 0.465 e. The number of amides is 1. The van der Waals surface area contributed by atoms with Gasteiger partial charge in [-0.3, -0.25) is 4.79 Å². The first-order valence-corrected chi connectivity index (χ1v) is 9.71. The van der Waals surface area contributed by atoms with Gasteiger partial charge in [0, 0.05) is 37.0 Å². The zero-order valence-corrected chi connectivity index (χ0v) is 15.9. The standard InChI is InChI=1S/C18H18F3N3O3S/c1-10(25)11-7-28-15-12(18(19,20)21)6-13(22-14(11)15)23-4-2-17(3-5-23)8-24(9-17)16(26)27/h6-7H,2-5,8-9H2,1H3,(H,26,27). The Morgan fingerprint density at radius 3 is 2.43 bits per heavy atom. The molecule has 2 aromatic heterocycles. The summed E-state index contributed by atoms with van der Waals surface area (Å²) < 4.78 is 40.8. The van der Waals surface area contributed by atoms with Crippen molar-refractivity contribution in [1.29, 1.82) is 0 Å². The molecule has 2 aromatic rings. The number of alkyl halides is 3. The van der Waals surface area contributed by atoms with E-state index in [-0.39, 0.29) is 32.8 Å². The number of piperidine rings is 1. The number of hydrogen-bond acceptors (Lipinski definition) is 5. The van der Waals surface area contributed by atoms with Crippen LogP contribution in [-0.2, 0) is 6.18 Å². The lowest BCUT2D eigenvalue weighted by Gasteiger charge is -2.53. The van der Waals surface area contributed by atoms with Gasteiger partial charge in [0.15, 0.2) is 5.78 Å². The van der Waals surface area contributed by atoms with Crippen LogP contribution in [0.4, 0.5) is 23.8 Å². The number of carboxylic acid groups (broad SMARTS) is 1. The second kappa shape index (κ2) is 6.33. The summed E-state index contributed by atoms with van der Waals surface area (Å²) in [5, 5.41) is 10.4. The van der Waals surface area contributed by atoms with E-state index in [1.165, 1.54) is 17.2 Å². The van der Waals surface area contributed by atoms with Gasteiger partial charge in [0.05, 0.1) is 21.3 Å². The normalized spacial score (nSPS) is 19.1. The fourth-order valence-electron chi connectivity index (χ4n) is 4.04. The molecule has 2 saturated heterocycles. The molecule has 1 amide bonds. The number of aromatic nitrogens is 1. The van der Waals surface area contributed by atoms with Crippen molar-refractivity contribution in [2.24, 2.45) is 5.41 Å². The second-order valence-electron chi connectivity index (χ2n) is 7.53. The third-order valence-electron chi connectivity index (χ3n) is 5.67. The van der Waals surface area contributed by atoms with Gasteiger partial charge >= 0.3 is 12.3 Å². The molecule has 0 aliphatic carbocycles. The highest BCUT2D eigenvalue weighted by atomic mass is 32.1. The van der Waals surface area contributed by atoms with E-state index in [1.807, 2.05) is 0 Å². The molecule has 10 heteroatoms. The van der Waals surface area contributed by atoms with Crippen molar-refractivity contribution in [3.63, 3.8) is 0 Å². The SMILES string of the molecule is CC(=O)c1csc2c(C(F)(F)F)cc(N3CCC4(CC3)CN(C(=O)O)C4)nc12. The van der Waals surface area contributed by atoms with Crippen LogP contribution in [-0.4, -0.2) is 53.0 Å². The van der Waals surface area contributed by atoms with E-state index in [4.69, 9.17) is 5.11 Å².